The fraction of sp³-hybridized carbons (Fsp3) is 0.533. The van der Waals surface area contributed by atoms with E-state index in [1.54, 1.807) is 12.1 Å². The van der Waals surface area contributed by atoms with Crippen LogP contribution in [0.3, 0.4) is 0 Å². The lowest BCUT2D eigenvalue weighted by molar-refractivity contribution is -0.137. The molecule has 0 atom stereocenters. The largest absolute Gasteiger partial charge is 0.417 e. The molecular weight excluding hydrogens is 279 g/mol. The zero-order valence-corrected chi connectivity index (χ0v) is 12.5. The van der Waals surface area contributed by atoms with Crippen molar-refractivity contribution in [1.29, 1.82) is 5.26 Å². The average Bonchev–Trinajstić information content (AvgIpc) is 2.43. The van der Waals surface area contributed by atoms with Gasteiger partial charge in [0.1, 0.15) is 0 Å². The molecule has 0 aliphatic heterocycles. The van der Waals surface area contributed by atoms with E-state index in [2.05, 4.69) is 0 Å². The maximum atomic E-state index is 13.0. The highest BCUT2D eigenvalue weighted by Gasteiger charge is 2.34. The lowest BCUT2D eigenvalue weighted by Crippen LogP contribution is -2.38. The van der Waals surface area contributed by atoms with Gasteiger partial charge in [-0.05, 0) is 37.1 Å². The van der Waals surface area contributed by atoms with Crippen LogP contribution in [0.2, 0.25) is 0 Å². The van der Waals surface area contributed by atoms with Crippen molar-refractivity contribution in [2.75, 3.05) is 24.5 Å². The van der Waals surface area contributed by atoms with Crippen molar-refractivity contribution in [1.82, 2.24) is 0 Å². The van der Waals surface area contributed by atoms with Crippen molar-refractivity contribution < 1.29 is 13.2 Å². The van der Waals surface area contributed by atoms with Gasteiger partial charge in [0, 0.05) is 18.8 Å². The number of hydrogen-bond acceptors (Lipinski definition) is 3. The zero-order valence-electron chi connectivity index (χ0n) is 12.5. The van der Waals surface area contributed by atoms with Crippen LogP contribution in [0.25, 0.3) is 0 Å². The molecule has 0 radical (unpaired) electrons. The fourth-order valence-corrected chi connectivity index (χ4v) is 2.03. The molecule has 0 saturated carbocycles. The predicted octanol–water partition coefficient (Wildman–Crippen LogP) is 3.39. The van der Waals surface area contributed by atoms with Crippen LogP contribution < -0.4 is 10.6 Å². The number of nitrogens with two attached hydrogens (primary N) is 1. The van der Waals surface area contributed by atoms with Gasteiger partial charge in [-0.25, -0.2) is 0 Å². The van der Waals surface area contributed by atoms with E-state index in [0.717, 1.165) is 6.07 Å². The summed E-state index contributed by atoms with van der Waals surface area (Å²) in [5.41, 5.74) is 4.67. The Bertz CT molecular complexity index is 530. The van der Waals surface area contributed by atoms with E-state index >= 15 is 0 Å². The first-order valence-electron chi connectivity index (χ1n) is 6.71. The van der Waals surface area contributed by atoms with E-state index in [1.807, 2.05) is 25.7 Å². The van der Waals surface area contributed by atoms with Crippen molar-refractivity contribution in [3.05, 3.63) is 29.3 Å². The normalized spacial score (nSPS) is 12.1. The molecule has 0 aliphatic carbocycles. The van der Waals surface area contributed by atoms with Gasteiger partial charge < -0.3 is 10.6 Å². The molecule has 0 aromatic heterocycles. The van der Waals surface area contributed by atoms with Gasteiger partial charge in [-0.1, -0.05) is 13.8 Å². The second-order valence-corrected chi connectivity index (χ2v) is 5.72. The van der Waals surface area contributed by atoms with Crippen LogP contribution in [0.1, 0.15) is 31.9 Å². The van der Waals surface area contributed by atoms with Gasteiger partial charge >= 0.3 is 6.18 Å². The zero-order chi connectivity index (χ0) is 16.3. The Morgan fingerprint density at radius 2 is 1.90 bits per heavy atom. The fourth-order valence-electron chi connectivity index (χ4n) is 2.03. The van der Waals surface area contributed by atoms with Crippen LogP contribution >= 0.6 is 0 Å². The van der Waals surface area contributed by atoms with E-state index in [-0.39, 0.29) is 11.0 Å². The Hall–Kier alpha value is -1.74. The Morgan fingerprint density at radius 1 is 1.29 bits per heavy atom. The Balaban J connectivity index is 3.21. The monoisotopic (exact) mass is 299 g/mol. The van der Waals surface area contributed by atoms with E-state index in [9.17, 15) is 13.2 Å². The number of nitrogens with zero attached hydrogens (tertiary/aromatic N) is 2. The number of anilines is 1. The molecule has 1 aromatic rings. The first-order chi connectivity index (χ1) is 9.64. The predicted molar refractivity (Wildman–Crippen MR) is 76.9 cm³/mol. The Morgan fingerprint density at radius 3 is 2.33 bits per heavy atom. The Labute approximate surface area is 123 Å². The topological polar surface area (TPSA) is 53.0 Å². The molecule has 3 nitrogen and oxygen atoms in total. The molecule has 1 rings (SSSR count). The van der Waals surface area contributed by atoms with E-state index in [0.29, 0.717) is 25.3 Å². The van der Waals surface area contributed by atoms with Gasteiger partial charge in [0.05, 0.1) is 17.2 Å². The lowest BCUT2D eigenvalue weighted by Gasteiger charge is -2.33. The molecule has 6 heteroatoms. The highest BCUT2D eigenvalue weighted by Crippen LogP contribution is 2.35. The summed E-state index contributed by atoms with van der Waals surface area (Å²) in [5, 5.41) is 8.81. The summed E-state index contributed by atoms with van der Waals surface area (Å²) >= 11 is 0. The minimum Gasteiger partial charge on any atom is -0.371 e. The van der Waals surface area contributed by atoms with Gasteiger partial charge in [0.25, 0.3) is 0 Å². The molecule has 0 amide bonds. The first-order valence-corrected chi connectivity index (χ1v) is 6.71. The first kappa shape index (κ1) is 17.3. The summed E-state index contributed by atoms with van der Waals surface area (Å²) < 4.78 is 39.0. The second kappa shape index (κ2) is 6.35. The van der Waals surface area contributed by atoms with E-state index in [1.165, 1.54) is 6.07 Å². The maximum absolute atomic E-state index is 13.0. The maximum Gasteiger partial charge on any atom is 0.417 e. The average molecular weight is 299 g/mol. The smallest absolute Gasteiger partial charge is 0.371 e. The number of benzene rings is 1. The number of nitriles is 1. The van der Waals surface area contributed by atoms with Crippen molar-refractivity contribution >= 4 is 5.69 Å². The van der Waals surface area contributed by atoms with Crippen LogP contribution in [-0.2, 0) is 6.18 Å². The molecule has 2 N–H and O–H groups in total. The van der Waals surface area contributed by atoms with Crippen LogP contribution in [-0.4, -0.2) is 19.6 Å². The van der Waals surface area contributed by atoms with Crippen LogP contribution in [0, 0.1) is 16.7 Å². The third-order valence-corrected chi connectivity index (χ3v) is 3.35. The van der Waals surface area contributed by atoms with Crippen LogP contribution in [0.4, 0.5) is 18.9 Å². The number of hydrogen-bond donors (Lipinski definition) is 1. The molecule has 0 fully saturated rings. The summed E-state index contributed by atoms with van der Waals surface area (Å²) in [5.74, 6) is 0. The molecule has 0 heterocycles. The summed E-state index contributed by atoms with van der Waals surface area (Å²) in [6.07, 6.45) is -4.54. The lowest BCUT2D eigenvalue weighted by atomic mass is 9.92. The van der Waals surface area contributed by atoms with Gasteiger partial charge in [0.2, 0.25) is 0 Å². The molecular formula is C15H20F3N3. The number of rotatable bonds is 5. The second-order valence-electron chi connectivity index (χ2n) is 5.72. The molecule has 0 saturated heterocycles. The minimum absolute atomic E-state index is 0.206. The molecule has 0 bridgehead atoms. The van der Waals surface area contributed by atoms with Crippen LogP contribution in [0.5, 0.6) is 0 Å². The highest BCUT2D eigenvalue weighted by atomic mass is 19.4. The van der Waals surface area contributed by atoms with Crippen molar-refractivity contribution in [3.8, 4) is 6.07 Å². The highest BCUT2D eigenvalue weighted by molar-refractivity contribution is 5.55. The summed E-state index contributed by atoms with van der Waals surface area (Å²) in [6.45, 7) is 7.34. The number of halogens is 3. The molecule has 0 aliphatic rings. The molecule has 116 valence electrons. The molecule has 0 spiro atoms. The summed E-state index contributed by atoms with van der Waals surface area (Å²) in [7, 11) is 0. The standard InChI is InChI=1S/C15H20F3N3/c1-4-21(10-14(2,3)9-20)12-6-5-11(8-19)13(7-12)15(16,17)18/h5-7H,4,9-10,20H2,1-3H3. The van der Waals surface area contributed by atoms with Crippen LogP contribution in [0.15, 0.2) is 18.2 Å². The summed E-state index contributed by atoms with van der Waals surface area (Å²) in [6, 6.07) is 5.39. The van der Waals surface area contributed by atoms with E-state index < -0.39 is 11.7 Å². The van der Waals surface area contributed by atoms with Crippen molar-refractivity contribution in [2.24, 2.45) is 11.1 Å². The van der Waals surface area contributed by atoms with Crippen molar-refractivity contribution in [2.45, 2.75) is 26.9 Å². The van der Waals surface area contributed by atoms with Gasteiger partial charge in [-0.2, -0.15) is 18.4 Å². The molecule has 21 heavy (non-hydrogen) atoms. The van der Waals surface area contributed by atoms with Gasteiger partial charge in [-0.3, -0.25) is 0 Å². The number of alkyl halides is 3. The molecule has 0 unspecified atom stereocenters. The third kappa shape index (κ3) is 4.36. The SMILES string of the molecule is CCN(CC(C)(C)CN)c1ccc(C#N)c(C(F)(F)F)c1. The van der Waals surface area contributed by atoms with Crippen molar-refractivity contribution in [3.63, 3.8) is 0 Å². The van der Waals surface area contributed by atoms with Gasteiger partial charge in [0.15, 0.2) is 0 Å². The minimum atomic E-state index is -4.54. The molecule has 1 aromatic carbocycles. The third-order valence-electron chi connectivity index (χ3n) is 3.35. The Kier molecular flexibility index (Phi) is 5.24. The summed E-state index contributed by atoms with van der Waals surface area (Å²) in [4.78, 5) is 1.84. The van der Waals surface area contributed by atoms with Gasteiger partial charge in [-0.15, -0.1) is 0 Å². The quantitative estimate of drug-likeness (QED) is 0.906. The van der Waals surface area contributed by atoms with E-state index in [4.69, 9.17) is 11.0 Å².